The summed E-state index contributed by atoms with van der Waals surface area (Å²) in [6.45, 7) is 2.47. The number of rotatable bonds is 6. The van der Waals surface area contributed by atoms with Gasteiger partial charge in [0.1, 0.15) is 11.8 Å². The number of aromatic nitrogens is 1. The van der Waals surface area contributed by atoms with Gasteiger partial charge in [0, 0.05) is 24.7 Å². The molecule has 3 aromatic rings. The minimum Gasteiger partial charge on any atom is -0.494 e. The van der Waals surface area contributed by atoms with Gasteiger partial charge in [0.25, 0.3) is 0 Å². The number of nitrogens with zero attached hydrogens (tertiary/aromatic N) is 2. The van der Waals surface area contributed by atoms with Gasteiger partial charge in [0.05, 0.1) is 23.0 Å². The second-order valence-electron chi connectivity index (χ2n) is 6.88. The first kappa shape index (κ1) is 19.2. The van der Waals surface area contributed by atoms with Crippen LogP contribution in [-0.2, 0) is 9.59 Å². The van der Waals surface area contributed by atoms with E-state index in [-0.39, 0.29) is 11.8 Å². The fourth-order valence-corrected chi connectivity index (χ4v) is 4.27. The summed E-state index contributed by atoms with van der Waals surface area (Å²) in [6, 6.07) is 12.7. The van der Waals surface area contributed by atoms with E-state index >= 15 is 0 Å². The van der Waals surface area contributed by atoms with Crippen LogP contribution in [0.2, 0.25) is 0 Å². The minimum atomic E-state index is -0.471. The average molecular weight is 410 g/mol. The van der Waals surface area contributed by atoms with Gasteiger partial charge in [-0.25, -0.2) is 4.98 Å². The molecule has 0 aliphatic carbocycles. The quantitative estimate of drug-likeness (QED) is 0.645. The molecule has 1 aliphatic heterocycles. The number of carbonyl (C=O) groups is 2. The van der Waals surface area contributed by atoms with Crippen LogP contribution in [0.5, 0.6) is 5.75 Å². The predicted octanol–water partition coefficient (Wildman–Crippen LogP) is 3.87. The third kappa shape index (κ3) is 4.02. The van der Waals surface area contributed by atoms with Crippen LogP contribution in [0.1, 0.15) is 19.8 Å². The summed E-state index contributed by atoms with van der Waals surface area (Å²) >= 11 is 1.51. The molecule has 0 spiro atoms. The topological polar surface area (TPSA) is 83.6 Å². The summed E-state index contributed by atoms with van der Waals surface area (Å²) < 4.78 is 6.52. The molecular weight excluding hydrogens is 388 g/mol. The number of anilines is 3. The summed E-state index contributed by atoms with van der Waals surface area (Å²) in [5.74, 6) is 0.467. The van der Waals surface area contributed by atoms with Gasteiger partial charge in [0.2, 0.25) is 11.8 Å². The van der Waals surface area contributed by atoms with Crippen LogP contribution in [0.4, 0.5) is 16.5 Å². The van der Waals surface area contributed by atoms with Crippen LogP contribution in [0.3, 0.4) is 0 Å². The molecule has 0 bridgehead atoms. The molecule has 2 heterocycles. The lowest BCUT2D eigenvalue weighted by atomic mass is 10.2. The van der Waals surface area contributed by atoms with Crippen molar-refractivity contribution in [2.45, 2.75) is 25.8 Å². The van der Waals surface area contributed by atoms with Crippen LogP contribution in [0, 0.1) is 0 Å². The smallest absolute Gasteiger partial charge is 0.246 e. The molecule has 4 rings (SSSR count). The molecule has 1 aliphatic rings. The van der Waals surface area contributed by atoms with Crippen molar-refractivity contribution in [2.24, 2.45) is 0 Å². The van der Waals surface area contributed by atoms with Gasteiger partial charge in [-0.05, 0) is 37.6 Å². The van der Waals surface area contributed by atoms with E-state index in [4.69, 9.17) is 4.74 Å². The average Bonchev–Trinajstić information content (AvgIpc) is 3.33. The number of nitrogens with one attached hydrogen (secondary N) is 2. The highest BCUT2D eigenvalue weighted by Gasteiger charge is 2.25. The highest BCUT2D eigenvalue weighted by Crippen LogP contribution is 2.34. The van der Waals surface area contributed by atoms with Crippen molar-refractivity contribution in [1.29, 1.82) is 0 Å². The van der Waals surface area contributed by atoms with Crippen molar-refractivity contribution >= 4 is 49.9 Å². The molecule has 1 saturated heterocycles. The lowest BCUT2D eigenvalue weighted by molar-refractivity contribution is -0.117. The molecule has 150 valence electrons. The van der Waals surface area contributed by atoms with Gasteiger partial charge < -0.3 is 20.3 Å². The van der Waals surface area contributed by atoms with Gasteiger partial charge in [0.15, 0.2) is 5.13 Å². The zero-order valence-electron chi connectivity index (χ0n) is 16.3. The molecule has 0 saturated carbocycles. The first-order valence-electron chi connectivity index (χ1n) is 9.46. The van der Waals surface area contributed by atoms with E-state index in [0.717, 1.165) is 22.3 Å². The number of benzene rings is 2. The summed E-state index contributed by atoms with van der Waals surface area (Å²) in [6.07, 6.45) is 1.39. The second-order valence-corrected chi connectivity index (χ2v) is 7.91. The first-order chi connectivity index (χ1) is 14.0. The van der Waals surface area contributed by atoms with Gasteiger partial charge >= 0.3 is 0 Å². The zero-order valence-corrected chi connectivity index (χ0v) is 17.1. The number of ether oxygens (including phenoxy) is 1. The van der Waals surface area contributed by atoms with E-state index in [2.05, 4.69) is 15.6 Å². The van der Waals surface area contributed by atoms with Crippen molar-refractivity contribution in [3.63, 3.8) is 0 Å². The molecule has 29 heavy (non-hydrogen) atoms. The van der Waals surface area contributed by atoms with E-state index in [1.54, 1.807) is 31.1 Å². The number of methoxy groups -OCH3 is 1. The van der Waals surface area contributed by atoms with Gasteiger partial charge in [-0.3, -0.25) is 9.59 Å². The molecular formula is C21H22N4O3S. The Balaban J connectivity index is 1.45. The number of amides is 2. The summed E-state index contributed by atoms with van der Waals surface area (Å²) in [7, 11) is 1.56. The van der Waals surface area contributed by atoms with Gasteiger partial charge in [-0.15, -0.1) is 0 Å². The Morgan fingerprint density at radius 2 is 2.10 bits per heavy atom. The number of thiazole rings is 1. The van der Waals surface area contributed by atoms with Crippen LogP contribution in [-0.4, -0.2) is 36.5 Å². The Kier molecular flexibility index (Phi) is 5.35. The monoisotopic (exact) mass is 410 g/mol. The molecule has 1 aromatic heterocycles. The largest absolute Gasteiger partial charge is 0.494 e. The Labute approximate surface area is 172 Å². The van der Waals surface area contributed by atoms with Crippen molar-refractivity contribution in [2.75, 3.05) is 29.2 Å². The van der Waals surface area contributed by atoms with Gasteiger partial charge in [-0.2, -0.15) is 0 Å². The SMILES string of the molecule is COc1cc(NC(=O)[C@H](C)Nc2nc3ccccc3s2)ccc1N1CCCC1=O. The molecule has 7 nitrogen and oxygen atoms in total. The fourth-order valence-electron chi connectivity index (χ4n) is 3.32. The third-order valence-corrected chi connectivity index (χ3v) is 5.81. The Morgan fingerprint density at radius 3 is 2.83 bits per heavy atom. The van der Waals surface area contributed by atoms with Crippen LogP contribution in [0.25, 0.3) is 10.2 Å². The van der Waals surface area contributed by atoms with Crippen molar-refractivity contribution in [3.05, 3.63) is 42.5 Å². The molecule has 2 N–H and O–H groups in total. The second kappa shape index (κ2) is 8.08. The van der Waals surface area contributed by atoms with Crippen LogP contribution in [0.15, 0.2) is 42.5 Å². The Morgan fingerprint density at radius 1 is 1.28 bits per heavy atom. The van der Waals surface area contributed by atoms with E-state index in [1.807, 2.05) is 30.3 Å². The molecule has 1 atom stereocenters. The fraction of sp³-hybridized carbons (Fsp3) is 0.286. The Bertz CT molecular complexity index is 1030. The van der Waals surface area contributed by atoms with Crippen molar-refractivity contribution in [3.8, 4) is 5.75 Å². The van der Waals surface area contributed by atoms with E-state index in [1.165, 1.54) is 11.3 Å². The number of carbonyl (C=O) groups excluding carboxylic acids is 2. The summed E-state index contributed by atoms with van der Waals surface area (Å²) in [5, 5.41) is 6.75. The third-order valence-electron chi connectivity index (χ3n) is 4.84. The lowest BCUT2D eigenvalue weighted by Crippen LogP contribution is -2.31. The van der Waals surface area contributed by atoms with Crippen LogP contribution >= 0.6 is 11.3 Å². The number of para-hydroxylation sites is 1. The molecule has 2 amide bonds. The van der Waals surface area contributed by atoms with Crippen molar-refractivity contribution in [1.82, 2.24) is 4.98 Å². The molecule has 8 heteroatoms. The molecule has 0 radical (unpaired) electrons. The van der Waals surface area contributed by atoms with Crippen molar-refractivity contribution < 1.29 is 14.3 Å². The van der Waals surface area contributed by atoms with E-state index in [9.17, 15) is 9.59 Å². The first-order valence-corrected chi connectivity index (χ1v) is 10.3. The van der Waals surface area contributed by atoms with Crippen LogP contribution < -0.4 is 20.3 Å². The summed E-state index contributed by atoms with van der Waals surface area (Å²) in [4.78, 5) is 30.9. The highest BCUT2D eigenvalue weighted by atomic mass is 32.1. The summed E-state index contributed by atoms with van der Waals surface area (Å²) in [5.41, 5.74) is 2.25. The highest BCUT2D eigenvalue weighted by molar-refractivity contribution is 7.22. The molecule has 2 aromatic carbocycles. The maximum Gasteiger partial charge on any atom is 0.246 e. The molecule has 1 fully saturated rings. The Hall–Kier alpha value is -3.13. The van der Waals surface area contributed by atoms with E-state index < -0.39 is 6.04 Å². The normalized spacial score (nSPS) is 14.8. The molecule has 0 unspecified atom stereocenters. The standard InChI is InChI=1S/C21H22N4O3S/c1-13(22-21-24-15-6-3-4-7-18(15)29-21)20(27)23-14-9-10-16(17(12-14)28-2)25-11-5-8-19(25)26/h3-4,6-7,9-10,12-13H,5,8,11H2,1-2H3,(H,22,24)(H,23,27)/t13-/m0/s1. The minimum absolute atomic E-state index is 0.0914. The number of fused-ring (bicyclic) bond motifs is 1. The number of hydrogen-bond donors (Lipinski definition) is 2. The van der Waals surface area contributed by atoms with E-state index in [0.29, 0.717) is 29.5 Å². The zero-order chi connectivity index (χ0) is 20.4. The maximum absolute atomic E-state index is 12.6. The lowest BCUT2D eigenvalue weighted by Gasteiger charge is -2.20. The maximum atomic E-state index is 12.6. The van der Waals surface area contributed by atoms with Gasteiger partial charge in [-0.1, -0.05) is 23.5 Å². The predicted molar refractivity (Wildman–Crippen MR) is 116 cm³/mol. The number of hydrogen-bond acceptors (Lipinski definition) is 6.